The standard InChI is InChI=1S/C20H26FN/c1-13-6-7-17(14(2)10-13)11-16(4)20(22-5)19-9-8-18(21)12-15(19)3/h6-7,10-11,18H,8-9,12H2,1-5H3/b16-11+,22-20?. The van der Waals surface area contributed by atoms with Gasteiger partial charge in [-0.05, 0) is 75.3 Å². The van der Waals surface area contributed by atoms with Crippen molar-refractivity contribution >= 4 is 11.8 Å². The lowest BCUT2D eigenvalue weighted by Gasteiger charge is -2.22. The highest BCUT2D eigenvalue weighted by Gasteiger charge is 2.21. The number of allylic oxidation sites excluding steroid dienone is 3. The molecule has 1 nitrogen and oxygen atoms in total. The number of hydrogen-bond acceptors (Lipinski definition) is 1. The normalized spacial score (nSPS) is 20.5. The molecule has 2 heteroatoms. The van der Waals surface area contributed by atoms with Crippen molar-refractivity contribution in [3.8, 4) is 0 Å². The van der Waals surface area contributed by atoms with E-state index in [4.69, 9.17) is 0 Å². The van der Waals surface area contributed by atoms with E-state index >= 15 is 0 Å². The van der Waals surface area contributed by atoms with E-state index in [2.05, 4.69) is 50.0 Å². The van der Waals surface area contributed by atoms with Gasteiger partial charge >= 0.3 is 0 Å². The molecule has 0 amide bonds. The molecular weight excluding hydrogens is 273 g/mol. The van der Waals surface area contributed by atoms with Gasteiger partial charge in [0.1, 0.15) is 6.17 Å². The Morgan fingerprint density at radius 1 is 1.27 bits per heavy atom. The molecular formula is C20H26FN. The highest BCUT2D eigenvalue weighted by atomic mass is 19.1. The van der Waals surface area contributed by atoms with Crippen molar-refractivity contribution in [1.82, 2.24) is 0 Å². The highest BCUT2D eigenvalue weighted by molar-refractivity contribution is 6.14. The molecule has 1 unspecified atom stereocenters. The Morgan fingerprint density at radius 2 is 2.00 bits per heavy atom. The van der Waals surface area contributed by atoms with Crippen LogP contribution in [0.15, 0.2) is 39.9 Å². The van der Waals surface area contributed by atoms with Crippen LogP contribution < -0.4 is 0 Å². The van der Waals surface area contributed by atoms with Crippen LogP contribution in [0.2, 0.25) is 0 Å². The summed E-state index contributed by atoms with van der Waals surface area (Å²) in [4.78, 5) is 4.50. The van der Waals surface area contributed by atoms with Gasteiger partial charge in [0.2, 0.25) is 0 Å². The van der Waals surface area contributed by atoms with Crippen LogP contribution in [0.4, 0.5) is 4.39 Å². The number of nitrogens with zero attached hydrogens (tertiary/aromatic N) is 1. The number of alkyl halides is 1. The van der Waals surface area contributed by atoms with Gasteiger partial charge in [0, 0.05) is 7.05 Å². The SMILES string of the molecule is CN=C(C1=C(C)CC(F)CC1)/C(C)=C/c1ccc(C)cc1C. The average molecular weight is 299 g/mol. The van der Waals surface area contributed by atoms with Crippen molar-refractivity contribution < 1.29 is 4.39 Å². The average Bonchev–Trinajstić information content (AvgIpc) is 2.45. The summed E-state index contributed by atoms with van der Waals surface area (Å²) in [6, 6.07) is 6.48. The minimum atomic E-state index is -0.689. The third kappa shape index (κ3) is 3.73. The predicted octanol–water partition coefficient (Wildman–Crippen LogP) is 5.62. The molecule has 0 saturated carbocycles. The van der Waals surface area contributed by atoms with Crippen LogP contribution in [0, 0.1) is 13.8 Å². The molecule has 0 bridgehead atoms. The van der Waals surface area contributed by atoms with Gasteiger partial charge in [0.15, 0.2) is 0 Å². The number of aliphatic imine (C=N–C) groups is 1. The first-order valence-electron chi connectivity index (χ1n) is 7.98. The number of hydrogen-bond donors (Lipinski definition) is 0. The van der Waals surface area contributed by atoms with Gasteiger partial charge in [0.05, 0.1) is 5.71 Å². The summed E-state index contributed by atoms with van der Waals surface area (Å²) in [6.45, 7) is 8.38. The van der Waals surface area contributed by atoms with Gasteiger partial charge < -0.3 is 0 Å². The summed E-state index contributed by atoms with van der Waals surface area (Å²) in [7, 11) is 1.83. The Morgan fingerprint density at radius 3 is 2.59 bits per heavy atom. The number of benzene rings is 1. The maximum absolute atomic E-state index is 13.5. The second-order valence-electron chi connectivity index (χ2n) is 6.36. The first kappa shape index (κ1) is 16.7. The van der Waals surface area contributed by atoms with Crippen molar-refractivity contribution in [2.45, 2.75) is 53.1 Å². The summed E-state index contributed by atoms with van der Waals surface area (Å²) in [5.41, 5.74) is 8.33. The van der Waals surface area contributed by atoms with Gasteiger partial charge in [-0.3, -0.25) is 4.99 Å². The molecule has 1 aromatic carbocycles. The zero-order valence-corrected chi connectivity index (χ0v) is 14.3. The van der Waals surface area contributed by atoms with Crippen LogP contribution in [0.25, 0.3) is 6.08 Å². The summed E-state index contributed by atoms with van der Waals surface area (Å²) in [6.07, 6.45) is 3.45. The van der Waals surface area contributed by atoms with Crippen LogP contribution in [-0.2, 0) is 0 Å². The molecule has 0 radical (unpaired) electrons. The molecule has 0 aromatic heterocycles. The van der Waals surface area contributed by atoms with Crippen LogP contribution in [0.1, 0.15) is 49.8 Å². The fourth-order valence-corrected chi connectivity index (χ4v) is 3.23. The molecule has 2 rings (SSSR count). The zero-order valence-electron chi connectivity index (χ0n) is 14.3. The van der Waals surface area contributed by atoms with Gasteiger partial charge in [-0.2, -0.15) is 0 Å². The first-order valence-corrected chi connectivity index (χ1v) is 7.98. The summed E-state index contributed by atoms with van der Waals surface area (Å²) in [5.74, 6) is 0. The van der Waals surface area contributed by atoms with E-state index < -0.39 is 6.17 Å². The second kappa shape index (κ2) is 7.04. The molecule has 0 spiro atoms. The third-order valence-corrected chi connectivity index (χ3v) is 4.43. The lowest BCUT2D eigenvalue weighted by Crippen LogP contribution is -2.16. The fraction of sp³-hybridized carbons (Fsp3) is 0.450. The van der Waals surface area contributed by atoms with E-state index in [1.165, 1.54) is 22.3 Å². The third-order valence-electron chi connectivity index (χ3n) is 4.43. The van der Waals surface area contributed by atoms with Crippen molar-refractivity contribution in [2.24, 2.45) is 4.99 Å². The molecule has 0 aliphatic heterocycles. The van der Waals surface area contributed by atoms with Gasteiger partial charge in [-0.15, -0.1) is 0 Å². The Hall–Kier alpha value is -1.70. The first-order chi connectivity index (χ1) is 10.4. The molecule has 22 heavy (non-hydrogen) atoms. The maximum Gasteiger partial charge on any atom is 0.104 e. The summed E-state index contributed by atoms with van der Waals surface area (Å²) < 4.78 is 13.5. The fourth-order valence-electron chi connectivity index (χ4n) is 3.23. The molecule has 0 N–H and O–H groups in total. The molecule has 0 fully saturated rings. The predicted molar refractivity (Wildman–Crippen MR) is 94.4 cm³/mol. The number of halogens is 1. The van der Waals surface area contributed by atoms with Crippen LogP contribution in [-0.4, -0.2) is 18.9 Å². The van der Waals surface area contributed by atoms with E-state index in [1.807, 2.05) is 14.0 Å². The van der Waals surface area contributed by atoms with E-state index in [9.17, 15) is 4.39 Å². The largest absolute Gasteiger partial charge is 0.288 e. The van der Waals surface area contributed by atoms with E-state index in [-0.39, 0.29) is 0 Å². The molecule has 1 aliphatic carbocycles. The van der Waals surface area contributed by atoms with E-state index in [1.54, 1.807) is 0 Å². The van der Waals surface area contributed by atoms with Crippen LogP contribution >= 0.6 is 0 Å². The van der Waals surface area contributed by atoms with Gasteiger partial charge in [-0.25, -0.2) is 4.39 Å². The Kier molecular flexibility index (Phi) is 5.33. The highest BCUT2D eigenvalue weighted by Crippen LogP contribution is 2.30. The topological polar surface area (TPSA) is 12.4 Å². The van der Waals surface area contributed by atoms with E-state index in [0.717, 1.165) is 23.3 Å². The Labute approximate surface area is 133 Å². The quantitative estimate of drug-likeness (QED) is 0.643. The van der Waals surface area contributed by atoms with Crippen molar-refractivity contribution in [3.05, 3.63) is 51.6 Å². The van der Waals surface area contributed by atoms with Gasteiger partial charge in [-0.1, -0.05) is 29.3 Å². The van der Waals surface area contributed by atoms with Crippen molar-refractivity contribution in [2.75, 3.05) is 7.05 Å². The minimum Gasteiger partial charge on any atom is -0.288 e. The zero-order chi connectivity index (χ0) is 16.3. The number of aryl methyl sites for hydroxylation is 2. The summed E-state index contributed by atoms with van der Waals surface area (Å²) in [5, 5.41) is 0. The molecule has 118 valence electrons. The smallest absolute Gasteiger partial charge is 0.104 e. The van der Waals surface area contributed by atoms with Crippen molar-refractivity contribution in [3.63, 3.8) is 0 Å². The number of rotatable bonds is 3. The molecule has 1 aliphatic rings. The van der Waals surface area contributed by atoms with Gasteiger partial charge in [0.25, 0.3) is 0 Å². The maximum atomic E-state index is 13.5. The lowest BCUT2D eigenvalue weighted by molar-refractivity contribution is 0.303. The second-order valence-corrected chi connectivity index (χ2v) is 6.36. The lowest BCUT2D eigenvalue weighted by atomic mass is 9.86. The molecule has 1 aromatic rings. The summed E-state index contributed by atoms with van der Waals surface area (Å²) >= 11 is 0. The minimum absolute atomic E-state index is 0.547. The Balaban J connectivity index is 2.35. The van der Waals surface area contributed by atoms with Crippen molar-refractivity contribution in [1.29, 1.82) is 0 Å². The van der Waals surface area contributed by atoms with E-state index in [0.29, 0.717) is 12.8 Å². The van der Waals surface area contributed by atoms with Crippen LogP contribution in [0.3, 0.4) is 0 Å². The molecule has 0 saturated heterocycles. The van der Waals surface area contributed by atoms with Crippen LogP contribution in [0.5, 0.6) is 0 Å². The monoisotopic (exact) mass is 299 g/mol. The Bertz CT molecular complexity index is 650. The molecule has 0 heterocycles. The molecule has 1 atom stereocenters.